The second-order valence-electron chi connectivity index (χ2n) is 5.97. The first kappa shape index (κ1) is 12.8. The van der Waals surface area contributed by atoms with Gasteiger partial charge in [0.1, 0.15) is 0 Å². The van der Waals surface area contributed by atoms with E-state index in [1.165, 1.54) is 0 Å². The average molecular weight is 274 g/mol. The van der Waals surface area contributed by atoms with Gasteiger partial charge in [-0.3, -0.25) is 0 Å². The maximum atomic E-state index is 5.87. The Morgan fingerprint density at radius 1 is 1.10 bits per heavy atom. The lowest BCUT2D eigenvalue weighted by molar-refractivity contribution is 0.140. The third kappa shape index (κ3) is 2.31. The lowest BCUT2D eigenvalue weighted by Crippen LogP contribution is -2.26. The summed E-state index contributed by atoms with van der Waals surface area (Å²) in [6.07, 6.45) is 0. The molecule has 2 aromatic rings. The SMILES string of the molecule is Cc1cc2c(cc1-c1cc(N)no1)OCC(C)(C)CO2. The minimum Gasteiger partial charge on any atom is -0.489 e. The summed E-state index contributed by atoms with van der Waals surface area (Å²) >= 11 is 0. The molecule has 0 fully saturated rings. The van der Waals surface area contributed by atoms with Crippen LogP contribution in [-0.4, -0.2) is 18.4 Å². The molecule has 1 aliphatic heterocycles. The van der Waals surface area contributed by atoms with Gasteiger partial charge in [-0.15, -0.1) is 0 Å². The van der Waals surface area contributed by atoms with E-state index in [2.05, 4.69) is 19.0 Å². The van der Waals surface area contributed by atoms with Crippen molar-refractivity contribution in [3.63, 3.8) is 0 Å². The Labute approximate surface area is 117 Å². The number of nitrogen functional groups attached to an aromatic ring is 1. The number of aromatic nitrogens is 1. The minimum atomic E-state index is -0.0102. The first-order chi connectivity index (χ1) is 9.44. The van der Waals surface area contributed by atoms with E-state index in [1.807, 2.05) is 19.1 Å². The molecule has 3 rings (SSSR count). The maximum Gasteiger partial charge on any atom is 0.169 e. The summed E-state index contributed by atoms with van der Waals surface area (Å²) in [5, 5.41) is 3.72. The van der Waals surface area contributed by atoms with Crippen LogP contribution in [0.1, 0.15) is 19.4 Å². The molecule has 2 heterocycles. The highest BCUT2D eigenvalue weighted by molar-refractivity contribution is 5.68. The molecule has 0 saturated heterocycles. The Bertz CT molecular complexity index is 647. The summed E-state index contributed by atoms with van der Waals surface area (Å²) in [5.74, 6) is 2.50. The Morgan fingerprint density at radius 2 is 1.75 bits per heavy atom. The molecule has 0 bridgehead atoms. The zero-order valence-electron chi connectivity index (χ0n) is 11.9. The number of fused-ring (bicyclic) bond motifs is 1. The third-order valence-corrected chi connectivity index (χ3v) is 3.32. The fourth-order valence-corrected chi connectivity index (χ4v) is 2.16. The summed E-state index contributed by atoms with van der Waals surface area (Å²) in [6.45, 7) is 7.47. The van der Waals surface area contributed by atoms with Gasteiger partial charge in [0.25, 0.3) is 0 Å². The van der Waals surface area contributed by atoms with Crippen molar-refractivity contribution in [2.75, 3.05) is 18.9 Å². The fourth-order valence-electron chi connectivity index (χ4n) is 2.16. The molecule has 0 atom stereocenters. The van der Waals surface area contributed by atoms with E-state index in [4.69, 9.17) is 19.7 Å². The molecular weight excluding hydrogens is 256 g/mol. The standard InChI is InChI=1S/C15H18N2O3/c1-9-4-12-13(19-8-15(2,3)7-18-12)5-10(9)11-6-14(16)17-20-11/h4-6H,7-8H2,1-3H3,(H2,16,17). The van der Waals surface area contributed by atoms with Gasteiger partial charge in [-0.2, -0.15) is 0 Å². The Kier molecular flexibility index (Phi) is 2.85. The number of anilines is 1. The molecule has 1 aliphatic rings. The van der Waals surface area contributed by atoms with E-state index in [0.717, 1.165) is 22.6 Å². The third-order valence-electron chi connectivity index (χ3n) is 3.32. The smallest absolute Gasteiger partial charge is 0.169 e. The molecule has 0 radical (unpaired) electrons. The lowest BCUT2D eigenvalue weighted by atomic mass is 9.97. The Balaban J connectivity index is 2.02. The quantitative estimate of drug-likeness (QED) is 0.865. The maximum absolute atomic E-state index is 5.87. The number of nitrogens with zero attached hydrogens (tertiary/aromatic N) is 1. The first-order valence-electron chi connectivity index (χ1n) is 6.57. The molecule has 0 aliphatic carbocycles. The van der Waals surface area contributed by atoms with Crippen molar-refractivity contribution in [1.82, 2.24) is 5.16 Å². The highest BCUT2D eigenvalue weighted by atomic mass is 16.5. The van der Waals surface area contributed by atoms with Gasteiger partial charge in [-0.25, -0.2) is 0 Å². The Hall–Kier alpha value is -2.17. The molecule has 0 unspecified atom stereocenters. The van der Waals surface area contributed by atoms with Crippen molar-refractivity contribution in [3.8, 4) is 22.8 Å². The lowest BCUT2D eigenvalue weighted by Gasteiger charge is -2.19. The number of ether oxygens (including phenoxy) is 2. The van der Waals surface area contributed by atoms with E-state index in [1.54, 1.807) is 6.07 Å². The van der Waals surface area contributed by atoms with Crippen molar-refractivity contribution in [3.05, 3.63) is 23.8 Å². The predicted octanol–water partition coefficient (Wildman–Crippen LogP) is 3.03. The number of benzene rings is 1. The van der Waals surface area contributed by atoms with Crippen LogP contribution in [0.25, 0.3) is 11.3 Å². The molecule has 2 N–H and O–H groups in total. The number of hydrogen-bond acceptors (Lipinski definition) is 5. The van der Waals surface area contributed by atoms with Gasteiger partial charge in [0.15, 0.2) is 23.1 Å². The van der Waals surface area contributed by atoms with E-state index in [0.29, 0.717) is 24.8 Å². The molecule has 0 amide bonds. The molecule has 106 valence electrons. The van der Waals surface area contributed by atoms with E-state index in [9.17, 15) is 0 Å². The van der Waals surface area contributed by atoms with Gasteiger partial charge < -0.3 is 19.7 Å². The first-order valence-corrected chi connectivity index (χ1v) is 6.57. The summed E-state index contributed by atoms with van der Waals surface area (Å²) in [5.41, 5.74) is 7.54. The van der Waals surface area contributed by atoms with Crippen LogP contribution < -0.4 is 15.2 Å². The van der Waals surface area contributed by atoms with Gasteiger partial charge >= 0.3 is 0 Å². The number of nitrogens with two attached hydrogens (primary N) is 1. The molecule has 1 aromatic carbocycles. The van der Waals surface area contributed by atoms with Crippen molar-refractivity contribution in [2.45, 2.75) is 20.8 Å². The van der Waals surface area contributed by atoms with Gasteiger partial charge in [0, 0.05) is 17.0 Å². The monoisotopic (exact) mass is 274 g/mol. The van der Waals surface area contributed by atoms with Crippen LogP contribution >= 0.6 is 0 Å². The summed E-state index contributed by atoms with van der Waals surface area (Å²) < 4.78 is 16.9. The molecule has 5 nitrogen and oxygen atoms in total. The molecule has 0 spiro atoms. The van der Waals surface area contributed by atoms with Gasteiger partial charge in [-0.1, -0.05) is 19.0 Å². The van der Waals surface area contributed by atoms with Crippen LogP contribution in [0.5, 0.6) is 11.5 Å². The van der Waals surface area contributed by atoms with Crippen molar-refractivity contribution in [2.24, 2.45) is 5.41 Å². The zero-order valence-corrected chi connectivity index (χ0v) is 11.9. The van der Waals surface area contributed by atoms with Crippen LogP contribution in [0.4, 0.5) is 5.82 Å². The van der Waals surface area contributed by atoms with Crippen molar-refractivity contribution in [1.29, 1.82) is 0 Å². The van der Waals surface area contributed by atoms with E-state index < -0.39 is 0 Å². The van der Waals surface area contributed by atoms with E-state index >= 15 is 0 Å². The van der Waals surface area contributed by atoms with Crippen LogP contribution in [0.2, 0.25) is 0 Å². The van der Waals surface area contributed by atoms with E-state index in [-0.39, 0.29) is 5.41 Å². The summed E-state index contributed by atoms with van der Waals surface area (Å²) in [6, 6.07) is 5.59. The molecule has 5 heteroatoms. The summed E-state index contributed by atoms with van der Waals surface area (Å²) in [7, 11) is 0. The molecule has 20 heavy (non-hydrogen) atoms. The summed E-state index contributed by atoms with van der Waals surface area (Å²) in [4.78, 5) is 0. The Morgan fingerprint density at radius 3 is 2.35 bits per heavy atom. The van der Waals surface area contributed by atoms with Crippen LogP contribution in [-0.2, 0) is 0 Å². The highest BCUT2D eigenvalue weighted by Crippen LogP contribution is 2.39. The molecular formula is C15H18N2O3. The molecule has 0 saturated carbocycles. The normalized spacial score (nSPS) is 16.8. The van der Waals surface area contributed by atoms with Crippen molar-refractivity contribution < 1.29 is 14.0 Å². The highest BCUT2D eigenvalue weighted by Gasteiger charge is 2.26. The predicted molar refractivity (Wildman–Crippen MR) is 75.9 cm³/mol. The van der Waals surface area contributed by atoms with Crippen molar-refractivity contribution >= 4 is 5.82 Å². The topological polar surface area (TPSA) is 70.5 Å². The van der Waals surface area contributed by atoms with Crippen LogP contribution in [0, 0.1) is 12.3 Å². The van der Waals surface area contributed by atoms with Gasteiger partial charge in [0.2, 0.25) is 0 Å². The number of aryl methyl sites for hydroxylation is 1. The minimum absolute atomic E-state index is 0.0102. The van der Waals surface area contributed by atoms with Gasteiger partial charge in [0.05, 0.1) is 13.2 Å². The zero-order chi connectivity index (χ0) is 14.3. The fraction of sp³-hybridized carbons (Fsp3) is 0.400. The second kappa shape index (κ2) is 4.44. The number of rotatable bonds is 1. The second-order valence-corrected chi connectivity index (χ2v) is 5.97. The van der Waals surface area contributed by atoms with Crippen LogP contribution in [0.15, 0.2) is 22.7 Å². The average Bonchev–Trinajstić information content (AvgIpc) is 2.75. The van der Waals surface area contributed by atoms with Crippen LogP contribution in [0.3, 0.4) is 0 Å². The van der Waals surface area contributed by atoms with Gasteiger partial charge in [-0.05, 0) is 24.6 Å². The largest absolute Gasteiger partial charge is 0.489 e. The molecule has 1 aromatic heterocycles. The number of hydrogen-bond donors (Lipinski definition) is 1.